The standard InChI is InChI=1S/C8H18.CH4/c1-4-6-7-8(3)5-2;/h8H,4-7H2,1-3H3;1H4. The highest BCUT2D eigenvalue weighted by molar-refractivity contribution is 4.47. The summed E-state index contributed by atoms with van der Waals surface area (Å²) in [5.74, 6) is 0.954. The molecule has 0 rings (SSSR count). The molecule has 0 nitrogen and oxygen atoms in total. The van der Waals surface area contributed by atoms with Gasteiger partial charge in [-0.05, 0) is 5.92 Å². The zero-order chi connectivity index (χ0) is 6.41. The quantitative estimate of drug-likeness (QED) is 0.542. The van der Waals surface area contributed by atoms with Crippen LogP contribution in [0.25, 0.3) is 0 Å². The van der Waals surface area contributed by atoms with Crippen LogP contribution in [0.5, 0.6) is 0 Å². The summed E-state index contributed by atoms with van der Waals surface area (Å²) >= 11 is 0. The van der Waals surface area contributed by atoms with E-state index in [-0.39, 0.29) is 7.43 Å². The van der Waals surface area contributed by atoms with Gasteiger partial charge in [0.25, 0.3) is 0 Å². The van der Waals surface area contributed by atoms with Crippen LogP contribution >= 0.6 is 0 Å². The van der Waals surface area contributed by atoms with E-state index < -0.39 is 0 Å². The fraction of sp³-hybridized carbons (Fsp3) is 1.00. The van der Waals surface area contributed by atoms with E-state index in [0.717, 1.165) is 5.92 Å². The van der Waals surface area contributed by atoms with Crippen molar-refractivity contribution in [3.63, 3.8) is 0 Å². The molecule has 0 saturated heterocycles. The fourth-order valence-corrected chi connectivity index (χ4v) is 0.757. The molecule has 0 heterocycles. The smallest absolute Gasteiger partial charge is 0.0445 e. The number of unbranched alkanes of at least 4 members (excludes halogenated alkanes) is 1. The molecule has 0 amide bonds. The number of rotatable bonds is 4. The van der Waals surface area contributed by atoms with Crippen molar-refractivity contribution in [1.29, 1.82) is 0 Å². The van der Waals surface area contributed by atoms with Crippen molar-refractivity contribution >= 4 is 0 Å². The van der Waals surface area contributed by atoms with E-state index in [4.69, 9.17) is 0 Å². The Morgan fingerprint density at radius 1 is 1.22 bits per heavy atom. The Morgan fingerprint density at radius 2 is 1.78 bits per heavy atom. The third-order valence-corrected chi connectivity index (χ3v) is 1.75. The SMILES string of the molecule is C.CCCCC(C)CC. The van der Waals surface area contributed by atoms with Crippen LogP contribution in [0.1, 0.15) is 53.9 Å². The van der Waals surface area contributed by atoms with Crippen LogP contribution in [0.4, 0.5) is 0 Å². The minimum Gasteiger partial charge on any atom is -0.0776 e. The Morgan fingerprint density at radius 3 is 2.11 bits per heavy atom. The molecule has 1 atom stereocenters. The van der Waals surface area contributed by atoms with Crippen LogP contribution in [0.2, 0.25) is 0 Å². The van der Waals surface area contributed by atoms with Gasteiger partial charge in [0, 0.05) is 0 Å². The zero-order valence-corrected chi connectivity index (χ0v) is 6.41. The minimum absolute atomic E-state index is 0. The van der Waals surface area contributed by atoms with E-state index in [2.05, 4.69) is 20.8 Å². The zero-order valence-electron chi connectivity index (χ0n) is 6.41. The first-order valence-corrected chi connectivity index (χ1v) is 3.81. The molecule has 0 aliphatic carbocycles. The number of hydrogen-bond donors (Lipinski definition) is 0. The normalized spacial score (nSPS) is 12.3. The van der Waals surface area contributed by atoms with E-state index in [1.54, 1.807) is 0 Å². The third-order valence-electron chi connectivity index (χ3n) is 1.75. The third kappa shape index (κ3) is 8.00. The highest BCUT2D eigenvalue weighted by atomic mass is 14.0. The second kappa shape index (κ2) is 8.00. The molecule has 0 fully saturated rings. The molecular weight excluding hydrogens is 108 g/mol. The van der Waals surface area contributed by atoms with Gasteiger partial charge in [-0.3, -0.25) is 0 Å². The molecule has 9 heavy (non-hydrogen) atoms. The van der Waals surface area contributed by atoms with Crippen molar-refractivity contribution in [1.82, 2.24) is 0 Å². The van der Waals surface area contributed by atoms with Crippen molar-refractivity contribution in [2.45, 2.75) is 53.9 Å². The maximum Gasteiger partial charge on any atom is -0.0445 e. The summed E-state index contributed by atoms with van der Waals surface area (Å²) in [6, 6.07) is 0. The lowest BCUT2D eigenvalue weighted by Gasteiger charge is -2.04. The predicted octanol–water partition coefficient (Wildman–Crippen LogP) is 3.86. The average Bonchev–Trinajstić information content (AvgIpc) is 1.83. The van der Waals surface area contributed by atoms with Gasteiger partial charge < -0.3 is 0 Å². The largest absolute Gasteiger partial charge is 0.0776 e. The van der Waals surface area contributed by atoms with Gasteiger partial charge >= 0.3 is 0 Å². The van der Waals surface area contributed by atoms with E-state index in [1.165, 1.54) is 25.7 Å². The summed E-state index contributed by atoms with van der Waals surface area (Å²) in [7, 11) is 0. The Balaban J connectivity index is 0. The molecule has 0 aliphatic rings. The maximum atomic E-state index is 2.33. The van der Waals surface area contributed by atoms with Gasteiger partial charge in [0.1, 0.15) is 0 Å². The first-order valence-electron chi connectivity index (χ1n) is 3.81. The van der Waals surface area contributed by atoms with Crippen LogP contribution < -0.4 is 0 Å². The topological polar surface area (TPSA) is 0 Å². The molecule has 0 bridgehead atoms. The Hall–Kier alpha value is 0. The molecule has 0 aromatic rings. The molecule has 0 spiro atoms. The van der Waals surface area contributed by atoms with Crippen LogP contribution in [-0.4, -0.2) is 0 Å². The lowest BCUT2D eigenvalue weighted by atomic mass is 10.0. The summed E-state index contributed by atoms with van der Waals surface area (Å²) in [6.07, 6.45) is 5.53. The molecular formula is C9H22. The van der Waals surface area contributed by atoms with Crippen molar-refractivity contribution in [2.24, 2.45) is 5.92 Å². The Bertz CT molecular complexity index is 39.3. The lowest BCUT2D eigenvalue weighted by molar-refractivity contribution is 0.492. The van der Waals surface area contributed by atoms with E-state index >= 15 is 0 Å². The molecule has 0 saturated carbocycles. The van der Waals surface area contributed by atoms with Crippen molar-refractivity contribution < 1.29 is 0 Å². The molecule has 0 aliphatic heterocycles. The highest BCUT2D eigenvalue weighted by Gasteiger charge is 1.94. The Kier molecular flexibility index (Phi) is 10.4. The monoisotopic (exact) mass is 130 g/mol. The minimum atomic E-state index is 0. The summed E-state index contributed by atoms with van der Waals surface area (Å²) in [5, 5.41) is 0. The molecule has 0 radical (unpaired) electrons. The van der Waals surface area contributed by atoms with E-state index in [1.807, 2.05) is 0 Å². The lowest BCUT2D eigenvalue weighted by Crippen LogP contribution is -1.89. The predicted molar refractivity (Wildman–Crippen MR) is 45.7 cm³/mol. The molecule has 58 valence electrons. The molecule has 0 N–H and O–H groups in total. The molecule has 0 aromatic heterocycles. The summed E-state index contributed by atoms with van der Waals surface area (Å²) < 4.78 is 0. The van der Waals surface area contributed by atoms with Crippen LogP contribution in [-0.2, 0) is 0 Å². The maximum absolute atomic E-state index is 2.33. The molecule has 0 heteroatoms. The summed E-state index contributed by atoms with van der Waals surface area (Å²) in [6.45, 7) is 6.85. The van der Waals surface area contributed by atoms with Gasteiger partial charge in [-0.1, -0.05) is 53.9 Å². The first kappa shape index (κ1) is 11.8. The van der Waals surface area contributed by atoms with Crippen LogP contribution in [0.15, 0.2) is 0 Å². The highest BCUT2D eigenvalue weighted by Crippen LogP contribution is 2.09. The van der Waals surface area contributed by atoms with Crippen LogP contribution in [0, 0.1) is 5.92 Å². The van der Waals surface area contributed by atoms with Crippen LogP contribution in [0.3, 0.4) is 0 Å². The Labute approximate surface area is 60.7 Å². The first-order chi connectivity index (χ1) is 3.81. The second-order valence-corrected chi connectivity index (χ2v) is 2.66. The van der Waals surface area contributed by atoms with Gasteiger partial charge in [0.2, 0.25) is 0 Å². The molecule has 1 unspecified atom stereocenters. The van der Waals surface area contributed by atoms with Crippen molar-refractivity contribution in [2.75, 3.05) is 0 Å². The van der Waals surface area contributed by atoms with Crippen molar-refractivity contribution in [3.8, 4) is 0 Å². The van der Waals surface area contributed by atoms with Gasteiger partial charge in [-0.25, -0.2) is 0 Å². The summed E-state index contributed by atoms with van der Waals surface area (Å²) in [5.41, 5.74) is 0. The van der Waals surface area contributed by atoms with E-state index in [0.29, 0.717) is 0 Å². The second-order valence-electron chi connectivity index (χ2n) is 2.66. The average molecular weight is 130 g/mol. The van der Waals surface area contributed by atoms with Gasteiger partial charge in [0.15, 0.2) is 0 Å². The van der Waals surface area contributed by atoms with Gasteiger partial charge in [0.05, 0.1) is 0 Å². The number of hydrogen-bond acceptors (Lipinski definition) is 0. The fourth-order valence-electron chi connectivity index (χ4n) is 0.757. The van der Waals surface area contributed by atoms with Crippen molar-refractivity contribution in [3.05, 3.63) is 0 Å². The van der Waals surface area contributed by atoms with Gasteiger partial charge in [-0.2, -0.15) is 0 Å². The summed E-state index contributed by atoms with van der Waals surface area (Å²) in [4.78, 5) is 0. The van der Waals surface area contributed by atoms with E-state index in [9.17, 15) is 0 Å². The van der Waals surface area contributed by atoms with Gasteiger partial charge in [-0.15, -0.1) is 0 Å². The molecule has 0 aromatic carbocycles.